The van der Waals surface area contributed by atoms with Crippen molar-refractivity contribution in [3.8, 4) is 6.07 Å². The molecular weight excluding hydrogens is 474 g/mol. The van der Waals surface area contributed by atoms with Crippen LogP contribution < -0.4 is 5.32 Å². The van der Waals surface area contributed by atoms with E-state index in [0.29, 0.717) is 21.5 Å². The van der Waals surface area contributed by atoms with E-state index in [1.807, 2.05) is 36.4 Å². The van der Waals surface area contributed by atoms with Gasteiger partial charge in [0.1, 0.15) is 6.04 Å². The van der Waals surface area contributed by atoms with Gasteiger partial charge in [0.05, 0.1) is 23.7 Å². The minimum absolute atomic E-state index is 0.235. The smallest absolute Gasteiger partial charge is 0.252 e. The molecule has 9 heteroatoms. The summed E-state index contributed by atoms with van der Waals surface area (Å²) in [6, 6.07) is 14.9. The fourth-order valence-electron chi connectivity index (χ4n) is 3.93. The topological polar surface area (TPSA) is 86.1 Å². The van der Waals surface area contributed by atoms with E-state index in [-0.39, 0.29) is 6.54 Å². The van der Waals surface area contributed by atoms with Gasteiger partial charge in [-0.15, -0.1) is 0 Å². The van der Waals surface area contributed by atoms with Gasteiger partial charge in [-0.2, -0.15) is 5.26 Å². The second-order valence-electron chi connectivity index (χ2n) is 8.24. The first-order chi connectivity index (χ1) is 16.8. The monoisotopic (exact) mass is 494 g/mol. The predicted octanol–water partition coefficient (Wildman–Crippen LogP) is 4.94. The molecule has 1 aliphatic rings. The van der Waals surface area contributed by atoms with Gasteiger partial charge in [-0.1, -0.05) is 42.0 Å². The van der Waals surface area contributed by atoms with E-state index in [0.717, 1.165) is 16.0 Å². The zero-order valence-corrected chi connectivity index (χ0v) is 19.3. The van der Waals surface area contributed by atoms with Crippen molar-refractivity contribution in [2.45, 2.75) is 24.8 Å². The van der Waals surface area contributed by atoms with Crippen molar-refractivity contribution in [1.82, 2.24) is 15.2 Å². The number of amides is 2. The van der Waals surface area contributed by atoms with E-state index in [1.165, 1.54) is 6.20 Å². The number of halogens is 3. The van der Waals surface area contributed by atoms with Crippen LogP contribution in [-0.2, 0) is 4.79 Å². The molecule has 178 valence electrons. The lowest BCUT2D eigenvalue weighted by Gasteiger charge is -2.35. The lowest BCUT2D eigenvalue weighted by atomic mass is 9.99. The van der Waals surface area contributed by atoms with Crippen LogP contribution in [0.15, 0.2) is 54.7 Å². The Morgan fingerprint density at radius 3 is 2.63 bits per heavy atom. The Morgan fingerprint density at radius 2 is 1.89 bits per heavy atom. The fourth-order valence-corrected chi connectivity index (χ4v) is 4.06. The first kappa shape index (κ1) is 24.3. The number of pyridine rings is 1. The van der Waals surface area contributed by atoms with E-state index in [2.05, 4.69) is 10.3 Å². The highest BCUT2D eigenvalue weighted by atomic mass is 35.5. The van der Waals surface area contributed by atoms with Crippen molar-refractivity contribution < 1.29 is 18.4 Å². The number of piperidine rings is 1. The molecule has 1 aliphatic heterocycles. The van der Waals surface area contributed by atoms with Crippen molar-refractivity contribution in [1.29, 1.82) is 5.26 Å². The zero-order valence-electron chi connectivity index (χ0n) is 18.5. The van der Waals surface area contributed by atoms with Gasteiger partial charge in [0.25, 0.3) is 11.8 Å². The number of nitrogens with one attached hydrogen (secondary N) is 1. The third-order valence-corrected chi connectivity index (χ3v) is 6.06. The molecule has 0 radical (unpaired) electrons. The molecule has 1 aromatic heterocycles. The Morgan fingerprint density at radius 1 is 1.17 bits per heavy atom. The molecule has 0 saturated carbocycles. The Balaban J connectivity index is 1.48. The Hall–Kier alpha value is -3.83. The number of benzene rings is 2. The van der Waals surface area contributed by atoms with Crippen LogP contribution in [0, 0.1) is 11.3 Å². The van der Waals surface area contributed by atoms with Crippen LogP contribution in [0.2, 0.25) is 5.02 Å². The minimum Gasteiger partial charge on any atom is -0.343 e. The average Bonchev–Trinajstić information content (AvgIpc) is 2.85. The highest BCUT2D eigenvalue weighted by molar-refractivity contribution is 6.30. The van der Waals surface area contributed by atoms with Gasteiger partial charge in [0.2, 0.25) is 5.91 Å². The Kier molecular flexibility index (Phi) is 7.08. The lowest BCUT2D eigenvalue weighted by Crippen LogP contribution is -2.51. The molecule has 1 saturated heterocycles. The molecule has 3 aromatic rings. The van der Waals surface area contributed by atoms with Gasteiger partial charge < -0.3 is 10.2 Å². The average molecular weight is 495 g/mol. The number of carbonyl (C=O) groups is 2. The molecule has 0 unspecified atom stereocenters. The molecule has 6 nitrogen and oxygen atoms in total. The number of likely N-dealkylation sites (tertiary alicyclic amines) is 1. The fraction of sp³-hybridized carbons (Fsp3) is 0.231. The van der Waals surface area contributed by atoms with Gasteiger partial charge in [-0.3, -0.25) is 14.6 Å². The quantitative estimate of drug-likeness (QED) is 0.509. The summed E-state index contributed by atoms with van der Waals surface area (Å²) in [5, 5.41) is 13.0. The SMILES string of the molecule is N#C[C@@H]1CC(F)(F)CCN1C(=O)CNC(=O)c1ccnc2ccc(/C=C/c3ccc(Cl)cc3)cc12. The number of rotatable bonds is 5. The number of hydrogen-bond donors (Lipinski definition) is 1. The summed E-state index contributed by atoms with van der Waals surface area (Å²) in [6.07, 6.45) is 4.10. The number of fused-ring (bicyclic) bond motifs is 1. The van der Waals surface area contributed by atoms with Gasteiger partial charge >= 0.3 is 0 Å². The summed E-state index contributed by atoms with van der Waals surface area (Å²) in [6.45, 7) is -0.635. The molecule has 0 aliphatic carbocycles. The molecule has 2 amide bonds. The maximum absolute atomic E-state index is 13.6. The summed E-state index contributed by atoms with van der Waals surface area (Å²) in [4.78, 5) is 30.9. The molecule has 4 rings (SSSR count). The number of alkyl halides is 2. The number of aromatic nitrogens is 1. The molecule has 1 atom stereocenters. The highest BCUT2D eigenvalue weighted by Gasteiger charge is 2.42. The van der Waals surface area contributed by atoms with Crippen LogP contribution in [0.1, 0.15) is 34.3 Å². The molecule has 2 heterocycles. The van der Waals surface area contributed by atoms with Crippen LogP contribution in [0.4, 0.5) is 8.78 Å². The first-order valence-corrected chi connectivity index (χ1v) is 11.3. The normalized spacial score (nSPS) is 17.3. The largest absolute Gasteiger partial charge is 0.343 e. The summed E-state index contributed by atoms with van der Waals surface area (Å²) in [5.41, 5.74) is 2.74. The van der Waals surface area contributed by atoms with Gasteiger partial charge in [-0.05, 0) is 41.5 Å². The molecule has 0 spiro atoms. The molecule has 35 heavy (non-hydrogen) atoms. The van der Waals surface area contributed by atoms with Gasteiger partial charge in [0, 0.05) is 36.0 Å². The minimum atomic E-state index is -2.98. The summed E-state index contributed by atoms with van der Waals surface area (Å²) >= 11 is 5.92. The second-order valence-corrected chi connectivity index (χ2v) is 8.68. The van der Waals surface area contributed by atoms with E-state index in [4.69, 9.17) is 11.6 Å². The summed E-state index contributed by atoms with van der Waals surface area (Å²) in [7, 11) is 0. The zero-order chi connectivity index (χ0) is 25.0. The molecule has 1 fully saturated rings. The van der Waals surface area contributed by atoms with Crippen molar-refractivity contribution in [2.75, 3.05) is 13.1 Å². The van der Waals surface area contributed by atoms with Crippen LogP contribution in [0.25, 0.3) is 23.1 Å². The number of carbonyl (C=O) groups excluding carboxylic acids is 2. The van der Waals surface area contributed by atoms with Crippen LogP contribution in [0.5, 0.6) is 0 Å². The molecule has 1 N–H and O–H groups in total. The van der Waals surface area contributed by atoms with Crippen molar-refractivity contribution in [3.63, 3.8) is 0 Å². The maximum Gasteiger partial charge on any atom is 0.252 e. The number of nitrogens with zero attached hydrogens (tertiary/aromatic N) is 3. The van der Waals surface area contributed by atoms with E-state index >= 15 is 0 Å². The summed E-state index contributed by atoms with van der Waals surface area (Å²) < 4.78 is 27.2. The highest BCUT2D eigenvalue weighted by Crippen LogP contribution is 2.31. The third-order valence-electron chi connectivity index (χ3n) is 5.80. The standard InChI is InChI=1S/C26H21ClF2N4O2/c27-19-6-3-17(4-7-19)1-2-18-5-8-23-22(13-18)21(9-11-31-23)25(35)32-16-24(34)33-12-10-26(28,29)14-20(33)15-30/h1-9,11,13,20H,10,12,14,16H2,(H,32,35)/b2-1+/t20-/m0/s1. The van der Waals surface area contributed by atoms with E-state index in [9.17, 15) is 23.6 Å². The van der Waals surface area contributed by atoms with Gasteiger partial charge in [0.15, 0.2) is 0 Å². The van der Waals surface area contributed by atoms with Crippen LogP contribution >= 0.6 is 11.6 Å². The van der Waals surface area contributed by atoms with Crippen LogP contribution in [-0.4, -0.2) is 46.8 Å². The number of hydrogen-bond acceptors (Lipinski definition) is 4. The lowest BCUT2D eigenvalue weighted by molar-refractivity contribution is -0.139. The van der Waals surface area contributed by atoms with Crippen LogP contribution in [0.3, 0.4) is 0 Å². The summed E-state index contributed by atoms with van der Waals surface area (Å²) in [5.74, 6) is -4.05. The van der Waals surface area contributed by atoms with Crippen molar-refractivity contribution in [2.24, 2.45) is 0 Å². The van der Waals surface area contributed by atoms with E-state index in [1.54, 1.807) is 30.3 Å². The first-order valence-electron chi connectivity index (χ1n) is 10.9. The molecule has 2 aromatic carbocycles. The second kappa shape index (κ2) is 10.2. The number of nitriles is 1. The Labute approximate surface area is 205 Å². The van der Waals surface area contributed by atoms with Gasteiger partial charge in [-0.25, -0.2) is 8.78 Å². The molecule has 0 bridgehead atoms. The van der Waals surface area contributed by atoms with Crippen molar-refractivity contribution >= 4 is 46.5 Å². The predicted molar refractivity (Wildman–Crippen MR) is 130 cm³/mol. The molecular formula is C26H21ClF2N4O2. The van der Waals surface area contributed by atoms with E-state index < -0.39 is 43.2 Å². The Bertz CT molecular complexity index is 1340. The van der Waals surface area contributed by atoms with Crippen molar-refractivity contribution in [3.05, 3.63) is 76.4 Å². The maximum atomic E-state index is 13.6. The third kappa shape index (κ3) is 5.81.